The summed E-state index contributed by atoms with van der Waals surface area (Å²) in [4.78, 5) is 3.90. The minimum atomic E-state index is -0.387. The van der Waals surface area contributed by atoms with Crippen molar-refractivity contribution in [1.29, 1.82) is 0 Å². The Hall–Kier alpha value is -1.20. The first-order valence-corrected chi connectivity index (χ1v) is 6.84. The van der Waals surface area contributed by atoms with Gasteiger partial charge in [0, 0.05) is 24.9 Å². The summed E-state index contributed by atoms with van der Waals surface area (Å²) < 4.78 is 24.6. The Labute approximate surface area is 114 Å². The predicted molar refractivity (Wildman–Crippen MR) is 72.8 cm³/mol. The topological polar surface area (TPSA) is 43.4 Å². The molecule has 0 aliphatic carbocycles. The normalized spacial score (nSPS) is 10.7. The van der Waals surface area contributed by atoms with E-state index in [-0.39, 0.29) is 11.7 Å². The quantitative estimate of drug-likeness (QED) is 0.663. The van der Waals surface area contributed by atoms with Gasteiger partial charge in [-0.1, -0.05) is 13.8 Å². The first kappa shape index (κ1) is 15.9. The number of rotatable bonds is 10. The second-order valence-electron chi connectivity index (χ2n) is 4.23. The first-order chi connectivity index (χ1) is 9.29. The van der Waals surface area contributed by atoms with Crippen LogP contribution in [0, 0.1) is 5.82 Å². The van der Waals surface area contributed by atoms with Gasteiger partial charge in [0.1, 0.15) is 6.61 Å². The number of nitrogens with zero attached hydrogens (tertiary/aromatic N) is 1. The minimum absolute atomic E-state index is 0.0518. The van der Waals surface area contributed by atoms with Gasteiger partial charge in [0.2, 0.25) is 0 Å². The summed E-state index contributed by atoms with van der Waals surface area (Å²) in [6.45, 7) is 6.92. The van der Waals surface area contributed by atoms with Crippen molar-refractivity contribution in [2.24, 2.45) is 0 Å². The lowest BCUT2D eigenvalue weighted by Crippen LogP contribution is -2.16. The fraction of sp³-hybridized carbons (Fsp3) is 0.643. The molecule has 0 bridgehead atoms. The predicted octanol–water partition coefficient (Wildman–Crippen LogP) is 2.53. The lowest BCUT2D eigenvalue weighted by Gasteiger charge is -2.09. The van der Waals surface area contributed by atoms with Crippen LogP contribution in [-0.2, 0) is 11.3 Å². The van der Waals surface area contributed by atoms with Gasteiger partial charge < -0.3 is 14.8 Å². The van der Waals surface area contributed by atoms with Crippen LogP contribution < -0.4 is 10.1 Å². The number of hydrogen-bond donors (Lipinski definition) is 1. The minimum Gasteiger partial charge on any atom is -0.473 e. The second-order valence-corrected chi connectivity index (χ2v) is 4.23. The number of nitrogens with one attached hydrogen (secondary N) is 1. The van der Waals surface area contributed by atoms with Gasteiger partial charge in [-0.2, -0.15) is 0 Å². The SMILES string of the molecule is CCCNCc1ccnc(OCCOCCC)c1F. The molecular weight excluding hydrogens is 247 g/mol. The van der Waals surface area contributed by atoms with E-state index in [1.165, 1.54) is 0 Å². The maximum Gasteiger partial charge on any atom is 0.250 e. The lowest BCUT2D eigenvalue weighted by molar-refractivity contribution is 0.0973. The van der Waals surface area contributed by atoms with E-state index in [9.17, 15) is 4.39 Å². The smallest absolute Gasteiger partial charge is 0.250 e. The van der Waals surface area contributed by atoms with E-state index in [4.69, 9.17) is 9.47 Å². The summed E-state index contributed by atoms with van der Waals surface area (Å²) in [6, 6.07) is 1.67. The summed E-state index contributed by atoms with van der Waals surface area (Å²) in [5.74, 6) is -0.336. The van der Waals surface area contributed by atoms with Crippen molar-refractivity contribution in [3.63, 3.8) is 0 Å². The Morgan fingerprint density at radius 1 is 1.21 bits per heavy atom. The second kappa shape index (κ2) is 9.69. The van der Waals surface area contributed by atoms with Crippen LogP contribution in [0.25, 0.3) is 0 Å². The Bertz CT molecular complexity index is 361. The Kier molecular flexibility index (Phi) is 8.09. The highest BCUT2D eigenvalue weighted by Gasteiger charge is 2.10. The third kappa shape index (κ3) is 5.98. The molecule has 0 fully saturated rings. The van der Waals surface area contributed by atoms with Crippen molar-refractivity contribution in [1.82, 2.24) is 10.3 Å². The van der Waals surface area contributed by atoms with Crippen LogP contribution in [0.3, 0.4) is 0 Å². The highest BCUT2D eigenvalue weighted by atomic mass is 19.1. The zero-order valence-corrected chi connectivity index (χ0v) is 11.7. The number of hydrogen-bond acceptors (Lipinski definition) is 4. The molecular formula is C14H23FN2O2. The van der Waals surface area contributed by atoms with Gasteiger partial charge in [-0.25, -0.2) is 9.37 Å². The molecule has 0 radical (unpaired) electrons. The Balaban J connectivity index is 2.42. The molecule has 0 saturated carbocycles. The Morgan fingerprint density at radius 3 is 2.79 bits per heavy atom. The van der Waals surface area contributed by atoms with Gasteiger partial charge in [0.25, 0.3) is 5.88 Å². The molecule has 19 heavy (non-hydrogen) atoms. The van der Waals surface area contributed by atoms with Gasteiger partial charge >= 0.3 is 0 Å². The highest BCUT2D eigenvalue weighted by molar-refractivity contribution is 5.23. The zero-order chi connectivity index (χ0) is 13.9. The highest BCUT2D eigenvalue weighted by Crippen LogP contribution is 2.17. The zero-order valence-electron chi connectivity index (χ0n) is 11.7. The van der Waals surface area contributed by atoms with Crippen LogP contribution in [0.15, 0.2) is 12.3 Å². The Morgan fingerprint density at radius 2 is 2.05 bits per heavy atom. The molecule has 1 aromatic heterocycles. The van der Waals surface area contributed by atoms with Crippen molar-refractivity contribution >= 4 is 0 Å². The summed E-state index contributed by atoms with van der Waals surface area (Å²) in [7, 11) is 0. The van der Waals surface area contributed by atoms with Gasteiger partial charge in [-0.15, -0.1) is 0 Å². The summed E-state index contributed by atoms with van der Waals surface area (Å²) in [5, 5.41) is 3.16. The van der Waals surface area contributed by atoms with Crippen LogP contribution in [0.4, 0.5) is 4.39 Å². The molecule has 0 spiro atoms. The maximum absolute atomic E-state index is 14.0. The average Bonchev–Trinajstić information content (AvgIpc) is 2.42. The number of aromatic nitrogens is 1. The molecule has 0 aromatic carbocycles. The van der Waals surface area contributed by atoms with Gasteiger partial charge in [-0.3, -0.25) is 0 Å². The van der Waals surface area contributed by atoms with E-state index in [0.717, 1.165) is 19.4 Å². The third-order valence-corrected chi connectivity index (χ3v) is 2.49. The van der Waals surface area contributed by atoms with Crippen molar-refractivity contribution < 1.29 is 13.9 Å². The van der Waals surface area contributed by atoms with Crippen LogP contribution >= 0.6 is 0 Å². The number of pyridine rings is 1. The molecule has 0 saturated heterocycles. The maximum atomic E-state index is 14.0. The molecule has 0 atom stereocenters. The fourth-order valence-corrected chi connectivity index (χ4v) is 1.54. The summed E-state index contributed by atoms with van der Waals surface area (Å²) in [6.07, 6.45) is 3.55. The molecule has 1 heterocycles. The molecule has 4 nitrogen and oxygen atoms in total. The van der Waals surface area contributed by atoms with E-state index in [0.29, 0.717) is 31.9 Å². The fourth-order valence-electron chi connectivity index (χ4n) is 1.54. The van der Waals surface area contributed by atoms with Crippen LogP contribution in [0.5, 0.6) is 5.88 Å². The standard InChI is InChI=1S/C14H23FN2O2/c1-3-6-16-11-12-5-7-17-14(13(12)15)19-10-9-18-8-4-2/h5,7,16H,3-4,6,8-11H2,1-2H3. The molecule has 0 amide bonds. The van der Waals surface area contributed by atoms with Gasteiger partial charge in [0.15, 0.2) is 5.82 Å². The van der Waals surface area contributed by atoms with Crippen molar-refractivity contribution in [3.8, 4) is 5.88 Å². The van der Waals surface area contributed by atoms with Crippen LogP contribution in [0.1, 0.15) is 32.3 Å². The average molecular weight is 270 g/mol. The van der Waals surface area contributed by atoms with E-state index in [1.54, 1.807) is 12.3 Å². The first-order valence-electron chi connectivity index (χ1n) is 6.84. The molecule has 1 aromatic rings. The van der Waals surface area contributed by atoms with Crippen LogP contribution in [-0.4, -0.2) is 31.3 Å². The molecule has 1 N–H and O–H groups in total. The van der Waals surface area contributed by atoms with E-state index in [2.05, 4.69) is 17.2 Å². The summed E-state index contributed by atoms with van der Waals surface area (Å²) in [5.41, 5.74) is 0.577. The monoisotopic (exact) mass is 270 g/mol. The van der Waals surface area contributed by atoms with E-state index in [1.807, 2.05) is 6.92 Å². The largest absolute Gasteiger partial charge is 0.473 e. The van der Waals surface area contributed by atoms with Crippen molar-refractivity contribution in [2.75, 3.05) is 26.4 Å². The lowest BCUT2D eigenvalue weighted by atomic mass is 10.2. The number of ether oxygens (including phenoxy) is 2. The molecule has 5 heteroatoms. The molecule has 0 aliphatic rings. The van der Waals surface area contributed by atoms with Gasteiger partial charge in [-0.05, 0) is 25.5 Å². The van der Waals surface area contributed by atoms with E-state index >= 15 is 0 Å². The van der Waals surface area contributed by atoms with E-state index < -0.39 is 0 Å². The third-order valence-electron chi connectivity index (χ3n) is 2.49. The summed E-state index contributed by atoms with van der Waals surface area (Å²) >= 11 is 0. The molecule has 108 valence electrons. The van der Waals surface area contributed by atoms with Crippen molar-refractivity contribution in [2.45, 2.75) is 33.2 Å². The van der Waals surface area contributed by atoms with Crippen molar-refractivity contribution in [3.05, 3.63) is 23.6 Å². The molecule has 1 rings (SSSR count). The van der Waals surface area contributed by atoms with Gasteiger partial charge in [0.05, 0.1) is 6.61 Å². The molecule has 0 unspecified atom stereocenters. The molecule has 0 aliphatic heterocycles. The number of halogens is 1. The van der Waals surface area contributed by atoms with Crippen LogP contribution in [0.2, 0.25) is 0 Å².